The fraction of sp³-hybridized carbons (Fsp3) is 0.882. The Morgan fingerprint density at radius 2 is 1.50 bits per heavy atom. The Hall–Kier alpha value is -1.04. The van der Waals surface area contributed by atoms with Crippen molar-refractivity contribution >= 4 is 5.91 Å². The number of nitrogens with one attached hydrogen (secondary N) is 1. The monoisotopic (exact) mass is 272 g/mol. The Kier molecular flexibility index (Phi) is 2.68. The minimum absolute atomic E-state index is 0.110. The average molecular weight is 272 g/mol. The summed E-state index contributed by atoms with van der Waals surface area (Å²) in [4.78, 5) is 13.0. The number of hydrogen-bond donors (Lipinski definition) is 1. The molecule has 5 aliphatic carbocycles. The highest BCUT2D eigenvalue weighted by Gasteiger charge is 2.55. The van der Waals surface area contributed by atoms with Crippen molar-refractivity contribution in [1.29, 1.82) is 5.26 Å². The maximum atomic E-state index is 13.0. The van der Waals surface area contributed by atoms with Crippen molar-refractivity contribution in [2.75, 3.05) is 0 Å². The Morgan fingerprint density at radius 1 is 1.00 bits per heavy atom. The minimum Gasteiger partial charge on any atom is -0.337 e. The molecule has 0 aliphatic heterocycles. The van der Waals surface area contributed by atoms with E-state index in [-0.39, 0.29) is 11.3 Å². The zero-order chi connectivity index (χ0) is 13.8. The molecule has 0 radical (unpaired) electrons. The van der Waals surface area contributed by atoms with Crippen molar-refractivity contribution in [2.24, 2.45) is 23.2 Å². The van der Waals surface area contributed by atoms with Gasteiger partial charge in [0.1, 0.15) is 5.54 Å². The topological polar surface area (TPSA) is 52.9 Å². The van der Waals surface area contributed by atoms with Crippen molar-refractivity contribution < 1.29 is 4.79 Å². The Morgan fingerprint density at radius 3 is 1.95 bits per heavy atom. The normalized spacial score (nSPS) is 44.2. The predicted molar refractivity (Wildman–Crippen MR) is 75.6 cm³/mol. The highest BCUT2D eigenvalue weighted by atomic mass is 16.2. The van der Waals surface area contributed by atoms with Crippen molar-refractivity contribution in [1.82, 2.24) is 5.32 Å². The molecular weight excluding hydrogens is 248 g/mol. The van der Waals surface area contributed by atoms with Gasteiger partial charge in [-0.05, 0) is 82.0 Å². The summed E-state index contributed by atoms with van der Waals surface area (Å²) < 4.78 is 0. The molecule has 0 aromatic carbocycles. The first-order valence-electron chi connectivity index (χ1n) is 8.37. The molecule has 3 heteroatoms. The van der Waals surface area contributed by atoms with Crippen LogP contribution in [-0.4, -0.2) is 11.4 Å². The molecule has 5 fully saturated rings. The summed E-state index contributed by atoms with van der Waals surface area (Å²) in [5, 5.41) is 12.7. The summed E-state index contributed by atoms with van der Waals surface area (Å²) in [6, 6.07) is 2.41. The number of nitrogens with zero attached hydrogens (tertiary/aromatic N) is 1. The van der Waals surface area contributed by atoms with Gasteiger partial charge in [-0.1, -0.05) is 0 Å². The van der Waals surface area contributed by atoms with Crippen LogP contribution in [0.2, 0.25) is 0 Å². The van der Waals surface area contributed by atoms with E-state index >= 15 is 0 Å². The second-order valence-corrected chi connectivity index (χ2v) is 8.05. The maximum absolute atomic E-state index is 13.0. The van der Waals surface area contributed by atoms with Gasteiger partial charge in [-0.25, -0.2) is 0 Å². The highest BCUT2D eigenvalue weighted by molar-refractivity contribution is 5.84. The first-order valence-corrected chi connectivity index (χ1v) is 8.37. The standard InChI is InChI=1S/C17H24N2O/c18-11-17(3-1-2-4-17)19-15(20)16-8-12-5-13(9-16)7-14(6-12)10-16/h12-14H,1-10H2,(H,19,20). The lowest BCUT2D eigenvalue weighted by atomic mass is 9.49. The largest absolute Gasteiger partial charge is 0.337 e. The van der Waals surface area contributed by atoms with Gasteiger partial charge in [0.05, 0.1) is 11.5 Å². The molecule has 1 N–H and O–H groups in total. The van der Waals surface area contributed by atoms with Gasteiger partial charge in [0.15, 0.2) is 0 Å². The molecular formula is C17H24N2O. The van der Waals surface area contributed by atoms with E-state index in [2.05, 4.69) is 11.4 Å². The smallest absolute Gasteiger partial charge is 0.227 e. The summed E-state index contributed by atoms with van der Waals surface area (Å²) >= 11 is 0. The van der Waals surface area contributed by atoms with Crippen LogP contribution in [0.25, 0.3) is 0 Å². The summed E-state index contributed by atoms with van der Waals surface area (Å²) in [7, 11) is 0. The zero-order valence-electron chi connectivity index (χ0n) is 12.2. The zero-order valence-corrected chi connectivity index (χ0v) is 12.2. The molecule has 0 atom stereocenters. The van der Waals surface area contributed by atoms with Crippen LogP contribution in [0.1, 0.15) is 64.2 Å². The van der Waals surface area contributed by atoms with Crippen molar-refractivity contribution in [3.63, 3.8) is 0 Å². The molecule has 0 unspecified atom stereocenters. The molecule has 5 aliphatic rings. The molecule has 4 bridgehead atoms. The fourth-order valence-electron chi connectivity index (χ4n) is 5.98. The van der Waals surface area contributed by atoms with Gasteiger partial charge in [-0.15, -0.1) is 0 Å². The SMILES string of the molecule is N#CC1(NC(=O)C23CC4CC(CC(C4)C2)C3)CCCC1. The quantitative estimate of drug-likeness (QED) is 0.839. The number of nitriles is 1. The molecule has 20 heavy (non-hydrogen) atoms. The Balaban J connectivity index is 1.55. The number of carbonyl (C=O) groups excluding carboxylic acids is 1. The Bertz CT molecular complexity index is 435. The molecule has 5 rings (SSSR count). The van der Waals surface area contributed by atoms with Crippen LogP contribution in [-0.2, 0) is 4.79 Å². The number of rotatable bonds is 2. The van der Waals surface area contributed by atoms with E-state index in [9.17, 15) is 10.1 Å². The average Bonchev–Trinajstić information content (AvgIpc) is 2.86. The third kappa shape index (κ3) is 1.80. The Labute approximate surface area is 121 Å². The summed E-state index contributed by atoms with van der Waals surface area (Å²) in [6.45, 7) is 0. The first kappa shape index (κ1) is 12.7. The highest BCUT2D eigenvalue weighted by Crippen LogP contribution is 2.60. The molecule has 1 amide bonds. The predicted octanol–water partition coefficient (Wildman–Crippen LogP) is 3.16. The molecule has 5 saturated carbocycles. The van der Waals surface area contributed by atoms with Gasteiger partial charge in [-0.2, -0.15) is 5.26 Å². The van der Waals surface area contributed by atoms with E-state index in [0.29, 0.717) is 0 Å². The van der Waals surface area contributed by atoms with Crippen LogP contribution >= 0.6 is 0 Å². The lowest BCUT2D eigenvalue weighted by molar-refractivity contribution is -0.147. The van der Waals surface area contributed by atoms with Crippen LogP contribution in [0.15, 0.2) is 0 Å². The number of hydrogen-bond acceptors (Lipinski definition) is 2. The van der Waals surface area contributed by atoms with Gasteiger partial charge in [0, 0.05) is 0 Å². The molecule has 0 spiro atoms. The maximum Gasteiger partial charge on any atom is 0.227 e. The van der Waals surface area contributed by atoms with Gasteiger partial charge in [-0.3, -0.25) is 4.79 Å². The molecule has 0 saturated heterocycles. The van der Waals surface area contributed by atoms with E-state index in [0.717, 1.165) is 62.7 Å². The van der Waals surface area contributed by atoms with Gasteiger partial charge in [0.25, 0.3) is 0 Å². The van der Waals surface area contributed by atoms with Crippen LogP contribution in [0.3, 0.4) is 0 Å². The van der Waals surface area contributed by atoms with E-state index < -0.39 is 5.54 Å². The number of amides is 1. The first-order chi connectivity index (χ1) is 9.63. The van der Waals surface area contributed by atoms with Crippen LogP contribution < -0.4 is 5.32 Å². The van der Waals surface area contributed by atoms with E-state index in [1.165, 1.54) is 19.3 Å². The summed E-state index contributed by atoms with van der Waals surface area (Å²) in [5.41, 5.74) is -0.651. The lowest BCUT2D eigenvalue weighted by Gasteiger charge is -2.56. The lowest BCUT2D eigenvalue weighted by Crippen LogP contribution is -2.57. The van der Waals surface area contributed by atoms with E-state index in [1.807, 2.05) is 0 Å². The third-order valence-electron chi connectivity index (χ3n) is 6.54. The third-order valence-corrected chi connectivity index (χ3v) is 6.54. The van der Waals surface area contributed by atoms with Crippen molar-refractivity contribution in [3.8, 4) is 6.07 Å². The molecule has 0 heterocycles. The minimum atomic E-state index is -0.541. The van der Waals surface area contributed by atoms with E-state index in [4.69, 9.17) is 0 Å². The van der Waals surface area contributed by atoms with Crippen molar-refractivity contribution in [2.45, 2.75) is 69.7 Å². The van der Waals surface area contributed by atoms with Crippen molar-refractivity contribution in [3.05, 3.63) is 0 Å². The summed E-state index contributed by atoms with van der Waals surface area (Å²) in [6.07, 6.45) is 11.2. The summed E-state index contributed by atoms with van der Waals surface area (Å²) in [5.74, 6) is 2.58. The van der Waals surface area contributed by atoms with Gasteiger partial charge in [0.2, 0.25) is 5.91 Å². The molecule has 0 aromatic heterocycles. The van der Waals surface area contributed by atoms with Crippen LogP contribution in [0.4, 0.5) is 0 Å². The van der Waals surface area contributed by atoms with Gasteiger partial charge >= 0.3 is 0 Å². The van der Waals surface area contributed by atoms with Crippen LogP contribution in [0.5, 0.6) is 0 Å². The number of carbonyl (C=O) groups is 1. The van der Waals surface area contributed by atoms with Gasteiger partial charge < -0.3 is 5.32 Å². The van der Waals surface area contributed by atoms with E-state index in [1.54, 1.807) is 0 Å². The molecule has 108 valence electrons. The fourth-order valence-corrected chi connectivity index (χ4v) is 5.98. The van der Waals surface area contributed by atoms with Crippen LogP contribution in [0, 0.1) is 34.5 Å². The second kappa shape index (κ2) is 4.23. The molecule has 3 nitrogen and oxygen atoms in total. The molecule has 0 aromatic rings. The second-order valence-electron chi connectivity index (χ2n) is 8.05.